The van der Waals surface area contributed by atoms with Crippen molar-refractivity contribution in [1.82, 2.24) is 19.7 Å². The molecule has 0 saturated carbocycles. The molecule has 5 heteroatoms. The van der Waals surface area contributed by atoms with E-state index in [9.17, 15) is 0 Å². The molecule has 0 spiro atoms. The van der Waals surface area contributed by atoms with E-state index in [1.54, 1.807) is 0 Å². The van der Waals surface area contributed by atoms with Crippen molar-refractivity contribution in [2.45, 2.75) is 60.4 Å². The Morgan fingerprint density at radius 3 is 2.46 bits per heavy atom. The maximum absolute atomic E-state index is 4.68. The molecule has 2 heterocycles. The first kappa shape index (κ1) is 20.1. The van der Waals surface area contributed by atoms with Crippen LogP contribution in [0.1, 0.15) is 52.4 Å². The molecule has 2 aromatic heterocycles. The number of nitrogens with one attached hydrogen (secondary N) is 1. The van der Waals surface area contributed by atoms with Crippen LogP contribution in [0.2, 0.25) is 0 Å². The number of aromatic nitrogens is 4. The molecule has 0 saturated heterocycles. The van der Waals surface area contributed by atoms with Crippen LogP contribution in [0.15, 0.2) is 30.3 Å². The van der Waals surface area contributed by atoms with Crippen LogP contribution in [0.25, 0.3) is 0 Å². The first-order valence-corrected chi connectivity index (χ1v) is 9.99. The number of hydrogen-bond acceptors (Lipinski definition) is 4. The fraction of sp³-hybridized carbons (Fsp3) is 0.435. The lowest BCUT2D eigenvalue weighted by Gasteiger charge is -2.15. The molecule has 0 fully saturated rings. The van der Waals surface area contributed by atoms with Gasteiger partial charge in [0.1, 0.15) is 11.6 Å². The number of anilines is 1. The minimum Gasteiger partial charge on any atom is -0.370 e. The number of nitrogens with zero attached hydrogens (tertiary/aromatic N) is 4. The van der Waals surface area contributed by atoms with E-state index in [0.717, 1.165) is 42.5 Å². The van der Waals surface area contributed by atoms with Crippen LogP contribution in [0.4, 0.5) is 5.82 Å². The molecular formula is C23H31N5. The number of benzene rings is 1. The van der Waals surface area contributed by atoms with Crippen LogP contribution in [0, 0.1) is 34.6 Å². The predicted octanol–water partition coefficient (Wildman–Crippen LogP) is 4.67. The van der Waals surface area contributed by atoms with Gasteiger partial charge < -0.3 is 5.32 Å². The van der Waals surface area contributed by atoms with Crippen molar-refractivity contribution in [3.05, 3.63) is 69.9 Å². The van der Waals surface area contributed by atoms with Crippen molar-refractivity contribution < 1.29 is 0 Å². The zero-order valence-electron chi connectivity index (χ0n) is 17.9. The van der Waals surface area contributed by atoms with E-state index in [2.05, 4.69) is 90.0 Å². The van der Waals surface area contributed by atoms with Crippen LogP contribution in [-0.2, 0) is 13.0 Å². The van der Waals surface area contributed by atoms with Gasteiger partial charge in [0.15, 0.2) is 0 Å². The average Bonchev–Trinajstić information content (AvgIpc) is 2.89. The van der Waals surface area contributed by atoms with Gasteiger partial charge in [0.25, 0.3) is 0 Å². The second-order valence-electron chi connectivity index (χ2n) is 7.71. The first-order chi connectivity index (χ1) is 13.3. The molecule has 0 aliphatic heterocycles. The number of hydrogen-bond donors (Lipinski definition) is 1. The Balaban J connectivity index is 1.68. The van der Waals surface area contributed by atoms with Gasteiger partial charge >= 0.3 is 0 Å². The Labute approximate surface area is 168 Å². The minimum atomic E-state index is 0.260. The van der Waals surface area contributed by atoms with Crippen LogP contribution < -0.4 is 5.32 Å². The highest BCUT2D eigenvalue weighted by Crippen LogP contribution is 2.21. The molecule has 1 atom stereocenters. The third-order valence-corrected chi connectivity index (χ3v) is 5.51. The summed E-state index contributed by atoms with van der Waals surface area (Å²) >= 11 is 0. The maximum Gasteiger partial charge on any atom is 0.129 e. The summed E-state index contributed by atoms with van der Waals surface area (Å²) in [6.07, 6.45) is 0.978. The van der Waals surface area contributed by atoms with Crippen molar-refractivity contribution in [3.8, 4) is 0 Å². The molecule has 148 valence electrons. The molecule has 3 aromatic rings. The molecule has 28 heavy (non-hydrogen) atoms. The summed E-state index contributed by atoms with van der Waals surface area (Å²) in [7, 11) is 0. The summed E-state index contributed by atoms with van der Waals surface area (Å²) in [5.74, 6) is 1.95. The summed E-state index contributed by atoms with van der Waals surface area (Å²) < 4.78 is 2.10. The molecule has 0 amide bonds. The van der Waals surface area contributed by atoms with Crippen LogP contribution in [0.5, 0.6) is 0 Å². The zero-order chi connectivity index (χ0) is 20.3. The lowest BCUT2D eigenvalue weighted by molar-refractivity contribution is 0.519. The number of aryl methyl sites for hydroxylation is 3. The van der Waals surface area contributed by atoms with Gasteiger partial charge in [0.05, 0.1) is 11.4 Å². The third-order valence-electron chi connectivity index (χ3n) is 5.51. The molecule has 5 nitrogen and oxygen atoms in total. The summed E-state index contributed by atoms with van der Waals surface area (Å²) in [4.78, 5) is 9.24. The molecule has 3 rings (SSSR count). The highest BCUT2D eigenvalue weighted by Gasteiger charge is 2.14. The molecule has 0 unspecified atom stereocenters. The zero-order valence-corrected chi connectivity index (χ0v) is 17.9. The predicted molar refractivity (Wildman–Crippen MR) is 115 cm³/mol. The standard InChI is InChI=1S/C23H31N5/c1-15-9-7-8-10-21(15)11-12-24-23-13-22(25-20(6)26-23)16(2)14-28-19(5)17(3)18(4)27-28/h7-10,13,16H,11-12,14H2,1-6H3,(H,24,25,26)/t16-/m0/s1. The SMILES string of the molecule is Cc1nc(NCCc2ccccc2C)cc([C@@H](C)Cn2nc(C)c(C)c2C)n1. The van der Waals surface area contributed by atoms with Crippen molar-refractivity contribution in [2.75, 3.05) is 11.9 Å². The Bertz CT molecular complexity index is 958. The molecule has 0 aliphatic rings. The van der Waals surface area contributed by atoms with Crippen LogP contribution in [-0.4, -0.2) is 26.3 Å². The number of rotatable bonds is 7. The van der Waals surface area contributed by atoms with Crippen molar-refractivity contribution in [1.29, 1.82) is 0 Å². The van der Waals surface area contributed by atoms with Gasteiger partial charge in [-0.25, -0.2) is 9.97 Å². The Kier molecular flexibility index (Phi) is 6.12. The van der Waals surface area contributed by atoms with Crippen molar-refractivity contribution in [3.63, 3.8) is 0 Å². The van der Waals surface area contributed by atoms with E-state index in [1.807, 2.05) is 6.92 Å². The van der Waals surface area contributed by atoms with Gasteiger partial charge in [-0.2, -0.15) is 5.10 Å². The largest absolute Gasteiger partial charge is 0.370 e. The van der Waals surface area contributed by atoms with Crippen LogP contribution in [0.3, 0.4) is 0 Å². The molecule has 0 radical (unpaired) electrons. The average molecular weight is 378 g/mol. The monoisotopic (exact) mass is 377 g/mol. The molecule has 1 N–H and O–H groups in total. The van der Waals surface area contributed by atoms with Gasteiger partial charge in [0.2, 0.25) is 0 Å². The highest BCUT2D eigenvalue weighted by molar-refractivity contribution is 5.38. The fourth-order valence-corrected chi connectivity index (χ4v) is 3.47. The summed E-state index contributed by atoms with van der Waals surface area (Å²) in [5.41, 5.74) is 7.35. The normalized spacial score (nSPS) is 12.2. The second kappa shape index (κ2) is 8.55. The quantitative estimate of drug-likeness (QED) is 0.650. The smallest absolute Gasteiger partial charge is 0.129 e. The van der Waals surface area contributed by atoms with E-state index in [4.69, 9.17) is 0 Å². The summed E-state index contributed by atoms with van der Waals surface area (Å²) in [6.45, 7) is 14.3. The lowest BCUT2D eigenvalue weighted by atomic mass is 10.1. The first-order valence-electron chi connectivity index (χ1n) is 9.99. The molecule has 1 aromatic carbocycles. The third kappa shape index (κ3) is 4.58. The van der Waals surface area contributed by atoms with Gasteiger partial charge in [0, 0.05) is 30.8 Å². The highest BCUT2D eigenvalue weighted by atomic mass is 15.3. The van der Waals surface area contributed by atoms with E-state index in [1.165, 1.54) is 22.4 Å². The Morgan fingerprint density at radius 1 is 1.04 bits per heavy atom. The Hall–Kier alpha value is -2.69. The van der Waals surface area contributed by atoms with E-state index >= 15 is 0 Å². The minimum absolute atomic E-state index is 0.260. The Morgan fingerprint density at radius 2 is 1.79 bits per heavy atom. The van der Waals surface area contributed by atoms with Gasteiger partial charge in [-0.05, 0) is 57.7 Å². The molecule has 0 aliphatic carbocycles. The van der Waals surface area contributed by atoms with E-state index in [0.29, 0.717) is 0 Å². The van der Waals surface area contributed by atoms with Crippen molar-refractivity contribution in [2.24, 2.45) is 0 Å². The van der Waals surface area contributed by atoms with Gasteiger partial charge in [-0.3, -0.25) is 4.68 Å². The van der Waals surface area contributed by atoms with Gasteiger partial charge in [-0.1, -0.05) is 31.2 Å². The summed E-state index contributed by atoms with van der Waals surface area (Å²) in [5, 5.41) is 8.14. The lowest BCUT2D eigenvalue weighted by Crippen LogP contribution is -2.13. The van der Waals surface area contributed by atoms with E-state index < -0.39 is 0 Å². The van der Waals surface area contributed by atoms with Gasteiger partial charge in [-0.15, -0.1) is 0 Å². The van der Waals surface area contributed by atoms with Crippen molar-refractivity contribution >= 4 is 5.82 Å². The molecular weight excluding hydrogens is 346 g/mol. The van der Waals surface area contributed by atoms with E-state index in [-0.39, 0.29) is 5.92 Å². The topological polar surface area (TPSA) is 55.6 Å². The van der Waals surface area contributed by atoms with Crippen LogP contribution >= 0.6 is 0 Å². The second-order valence-corrected chi connectivity index (χ2v) is 7.71. The maximum atomic E-state index is 4.68. The fourth-order valence-electron chi connectivity index (χ4n) is 3.47. The molecule has 0 bridgehead atoms. The summed E-state index contributed by atoms with van der Waals surface area (Å²) in [6, 6.07) is 10.6.